The molecule has 1 atom stereocenters. The van der Waals surface area contributed by atoms with Gasteiger partial charge in [0, 0.05) is 22.7 Å². The smallest absolute Gasteiger partial charge is 0.356 e. The zero-order valence-corrected chi connectivity index (χ0v) is 13.6. The SMILES string of the molecule is CC1=C(C)C(O/C=C(/C(=O)O)n2cc(C)c3ccccc32)OC1=O. The summed E-state index contributed by atoms with van der Waals surface area (Å²) in [5, 5.41) is 10.5. The highest BCUT2D eigenvalue weighted by molar-refractivity contribution is 6.10. The van der Waals surface area contributed by atoms with Crippen molar-refractivity contribution in [2.75, 3.05) is 0 Å². The van der Waals surface area contributed by atoms with Crippen LogP contribution in [-0.2, 0) is 19.1 Å². The van der Waals surface area contributed by atoms with Crippen molar-refractivity contribution in [3.05, 3.63) is 53.4 Å². The van der Waals surface area contributed by atoms with Crippen molar-refractivity contribution < 1.29 is 24.2 Å². The Kier molecular flexibility index (Phi) is 3.89. The second-order valence-corrected chi connectivity index (χ2v) is 5.69. The van der Waals surface area contributed by atoms with Gasteiger partial charge in [0.05, 0.1) is 5.52 Å². The largest absolute Gasteiger partial charge is 0.476 e. The molecule has 0 amide bonds. The first kappa shape index (κ1) is 15.9. The number of aromatic nitrogens is 1. The molecular formula is C18H17NO5. The Morgan fingerprint density at radius 3 is 2.62 bits per heavy atom. The van der Waals surface area contributed by atoms with Crippen molar-refractivity contribution >= 4 is 28.5 Å². The number of hydrogen-bond acceptors (Lipinski definition) is 4. The van der Waals surface area contributed by atoms with Crippen LogP contribution < -0.4 is 0 Å². The predicted octanol–water partition coefficient (Wildman–Crippen LogP) is 3.07. The van der Waals surface area contributed by atoms with Crippen LogP contribution in [0.2, 0.25) is 0 Å². The average Bonchev–Trinajstić information content (AvgIpc) is 3.01. The number of carboxylic acid groups (broad SMARTS) is 1. The van der Waals surface area contributed by atoms with Crippen molar-refractivity contribution in [2.45, 2.75) is 27.1 Å². The lowest BCUT2D eigenvalue weighted by Crippen LogP contribution is -2.14. The number of fused-ring (bicyclic) bond motifs is 1. The number of nitrogens with zero attached hydrogens (tertiary/aromatic N) is 1. The Morgan fingerprint density at radius 1 is 1.29 bits per heavy atom. The van der Waals surface area contributed by atoms with Gasteiger partial charge in [-0.15, -0.1) is 0 Å². The van der Waals surface area contributed by atoms with E-state index in [4.69, 9.17) is 9.47 Å². The molecule has 0 radical (unpaired) electrons. The molecule has 0 aliphatic carbocycles. The first-order chi connectivity index (χ1) is 11.4. The van der Waals surface area contributed by atoms with Crippen LogP contribution >= 0.6 is 0 Å². The average molecular weight is 327 g/mol. The van der Waals surface area contributed by atoms with Crippen molar-refractivity contribution in [3.8, 4) is 0 Å². The number of para-hydroxylation sites is 1. The van der Waals surface area contributed by atoms with Gasteiger partial charge in [0.25, 0.3) is 6.29 Å². The number of ether oxygens (including phenoxy) is 2. The normalized spacial score (nSPS) is 18.2. The third-order valence-corrected chi connectivity index (χ3v) is 4.16. The third-order valence-electron chi connectivity index (χ3n) is 4.16. The number of cyclic esters (lactones) is 1. The number of carboxylic acids is 1. The predicted molar refractivity (Wildman–Crippen MR) is 87.9 cm³/mol. The van der Waals surface area contributed by atoms with E-state index in [2.05, 4.69) is 0 Å². The van der Waals surface area contributed by atoms with Crippen LogP contribution in [0.3, 0.4) is 0 Å². The molecule has 6 nitrogen and oxygen atoms in total. The van der Waals surface area contributed by atoms with Gasteiger partial charge in [0.1, 0.15) is 6.26 Å². The van der Waals surface area contributed by atoms with Gasteiger partial charge >= 0.3 is 11.9 Å². The zero-order chi connectivity index (χ0) is 17.4. The van der Waals surface area contributed by atoms with E-state index in [-0.39, 0.29) is 5.70 Å². The molecule has 0 bridgehead atoms. The number of hydrogen-bond donors (Lipinski definition) is 1. The van der Waals surface area contributed by atoms with Crippen LogP contribution in [0, 0.1) is 6.92 Å². The van der Waals surface area contributed by atoms with Crippen LogP contribution in [-0.4, -0.2) is 27.9 Å². The lowest BCUT2D eigenvalue weighted by atomic mass is 10.2. The summed E-state index contributed by atoms with van der Waals surface area (Å²) in [5.41, 5.74) is 2.77. The molecule has 2 aromatic rings. The van der Waals surface area contributed by atoms with E-state index in [9.17, 15) is 14.7 Å². The molecule has 3 rings (SSSR count). The van der Waals surface area contributed by atoms with Crippen LogP contribution in [0.5, 0.6) is 0 Å². The number of carbonyl (C=O) groups excluding carboxylic acids is 1. The molecule has 0 spiro atoms. The topological polar surface area (TPSA) is 77.8 Å². The summed E-state index contributed by atoms with van der Waals surface area (Å²) >= 11 is 0. The number of esters is 1. The molecule has 0 fully saturated rings. The Morgan fingerprint density at radius 2 is 2.00 bits per heavy atom. The first-order valence-corrected chi connectivity index (χ1v) is 7.44. The van der Waals surface area contributed by atoms with Crippen molar-refractivity contribution in [3.63, 3.8) is 0 Å². The van der Waals surface area contributed by atoms with Crippen molar-refractivity contribution in [2.24, 2.45) is 0 Å². The molecule has 1 N–H and O–H groups in total. The van der Waals surface area contributed by atoms with E-state index in [1.165, 1.54) is 0 Å². The Bertz CT molecular complexity index is 903. The minimum absolute atomic E-state index is 0.0623. The van der Waals surface area contributed by atoms with Gasteiger partial charge in [-0.05, 0) is 32.4 Å². The first-order valence-electron chi connectivity index (χ1n) is 7.44. The van der Waals surface area contributed by atoms with E-state index in [0.29, 0.717) is 11.1 Å². The fourth-order valence-corrected chi connectivity index (χ4v) is 2.63. The molecule has 0 saturated carbocycles. The number of benzene rings is 1. The van der Waals surface area contributed by atoms with E-state index in [1.807, 2.05) is 31.2 Å². The summed E-state index contributed by atoms with van der Waals surface area (Å²) in [6.45, 7) is 5.27. The molecule has 6 heteroatoms. The van der Waals surface area contributed by atoms with Gasteiger partial charge < -0.3 is 19.1 Å². The minimum Gasteiger partial charge on any atom is -0.476 e. The second-order valence-electron chi connectivity index (χ2n) is 5.69. The maximum atomic E-state index is 11.7. The molecule has 24 heavy (non-hydrogen) atoms. The van der Waals surface area contributed by atoms with Crippen LogP contribution in [0.15, 0.2) is 47.9 Å². The summed E-state index contributed by atoms with van der Waals surface area (Å²) in [5.74, 6) is -1.59. The van der Waals surface area contributed by atoms with E-state index < -0.39 is 18.2 Å². The maximum absolute atomic E-state index is 11.7. The summed E-state index contributed by atoms with van der Waals surface area (Å²) in [6.07, 6.45) is 1.96. The number of rotatable bonds is 4. The molecule has 1 aromatic heterocycles. The zero-order valence-electron chi connectivity index (χ0n) is 13.6. The number of carbonyl (C=O) groups is 2. The molecule has 1 aliphatic heterocycles. The van der Waals surface area contributed by atoms with Crippen molar-refractivity contribution in [1.29, 1.82) is 0 Å². The molecule has 1 aliphatic rings. The monoisotopic (exact) mass is 327 g/mol. The Hall–Kier alpha value is -3.02. The summed E-state index contributed by atoms with van der Waals surface area (Å²) in [7, 11) is 0. The van der Waals surface area contributed by atoms with Crippen molar-refractivity contribution in [1.82, 2.24) is 4.57 Å². The fraction of sp³-hybridized carbons (Fsp3) is 0.222. The second kappa shape index (κ2) is 5.88. The fourth-order valence-electron chi connectivity index (χ4n) is 2.63. The lowest BCUT2D eigenvalue weighted by molar-refractivity contribution is -0.152. The third kappa shape index (κ3) is 2.56. The lowest BCUT2D eigenvalue weighted by Gasteiger charge is -2.13. The molecule has 1 aromatic carbocycles. The summed E-state index contributed by atoms with van der Waals surface area (Å²) < 4.78 is 12.0. The van der Waals surface area contributed by atoms with Crippen LogP contribution in [0.4, 0.5) is 0 Å². The molecule has 0 saturated heterocycles. The molecule has 1 unspecified atom stereocenters. The highest BCUT2D eigenvalue weighted by Gasteiger charge is 2.29. The van der Waals surface area contributed by atoms with Crippen LogP contribution in [0.25, 0.3) is 16.6 Å². The Balaban J connectivity index is 1.99. The van der Waals surface area contributed by atoms with Crippen LogP contribution in [0.1, 0.15) is 19.4 Å². The molecule has 2 heterocycles. The quantitative estimate of drug-likeness (QED) is 0.530. The van der Waals surface area contributed by atoms with E-state index in [0.717, 1.165) is 22.7 Å². The highest BCUT2D eigenvalue weighted by atomic mass is 16.7. The van der Waals surface area contributed by atoms with E-state index >= 15 is 0 Å². The standard InChI is InChI=1S/C18H17NO5/c1-10-8-19(14-7-5-4-6-13(10)14)15(16(20)21)9-23-18-12(3)11(2)17(22)24-18/h4-9,18H,1-3H3,(H,20,21)/b15-9-. The van der Waals surface area contributed by atoms with Gasteiger partial charge in [-0.2, -0.15) is 0 Å². The Labute approximate surface area is 138 Å². The van der Waals surface area contributed by atoms with E-state index in [1.54, 1.807) is 24.6 Å². The maximum Gasteiger partial charge on any atom is 0.356 e. The summed E-state index contributed by atoms with van der Waals surface area (Å²) in [4.78, 5) is 23.2. The molecular weight excluding hydrogens is 310 g/mol. The van der Waals surface area contributed by atoms with Gasteiger partial charge in [0.15, 0.2) is 5.70 Å². The molecule has 124 valence electrons. The minimum atomic E-state index is -1.14. The number of aliphatic carboxylic acids is 1. The summed E-state index contributed by atoms with van der Waals surface area (Å²) in [6, 6.07) is 7.50. The number of aryl methyl sites for hydroxylation is 1. The van der Waals surface area contributed by atoms with Gasteiger partial charge in [-0.1, -0.05) is 18.2 Å². The van der Waals surface area contributed by atoms with Gasteiger partial charge in [0.2, 0.25) is 0 Å². The van der Waals surface area contributed by atoms with Gasteiger partial charge in [-0.25, -0.2) is 9.59 Å². The highest BCUT2D eigenvalue weighted by Crippen LogP contribution is 2.26. The van der Waals surface area contributed by atoms with Gasteiger partial charge in [-0.3, -0.25) is 0 Å².